The van der Waals surface area contributed by atoms with Crippen LogP contribution in [0.15, 0.2) is 47.6 Å². The van der Waals surface area contributed by atoms with Gasteiger partial charge in [-0.15, -0.1) is 0 Å². The molecule has 1 aliphatic rings. The minimum Gasteiger partial charge on any atom is -0.493 e. The number of carboxylic acids is 1. The third-order valence-corrected chi connectivity index (χ3v) is 5.74. The van der Waals surface area contributed by atoms with Crippen LogP contribution in [0.3, 0.4) is 0 Å². The van der Waals surface area contributed by atoms with E-state index < -0.39 is 18.4 Å². The smallest absolute Gasteiger partial charge is 0.341 e. The summed E-state index contributed by atoms with van der Waals surface area (Å²) in [7, 11) is 1.46. The Labute approximate surface area is 213 Å². The summed E-state index contributed by atoms with van der Waals surface area (Å²) in [6.45, 7) is 2.37. The summed E-state index contributed by atoms with van der Waals surface area (Å²) < 4.78 is 24.9. The number of ether oxygens (including phenoxy) is 2. The molecule has 12 heteroatoms. The van der Waals surface area contributed by atoms with Crippen LogP contribution in [0, 0.1) is 5.82 Å². The maximum atomic E-state index is 14.3. The number of methoxy groups -OCH3 is 1. The molecule has 0 unspecified atom stereocenters. The molecule has 194 valence electrons. The van der Waals surface area contributed by atoms with Crippen molar-refractivity contribution in [2.45, 2.75) is 32.2 Å². The first-order chi connectivity index (χ1) is 17.9. The number of aromatic nitrogens is 3. The second-order valence-electron chi connectivity index (χ2n) is 8.36. The maximum Gasteiger partial charge on any atom is 0.341 e. The van der Waals surface area contributed by atoms with Crippen molar-refractivity contribution in [1.29, 1.82) is 0 Å². The van der Waals surface area contributed by atoms with Crippen LogP contribution in [-0.2, 0) is 4.79 Å². The molecule has 1 aromatic heterocycles. The molecule has 0 radical (unpaired) electrons. The lowest BCUT2D eigenvalue weighted by atomic mass is 10.0. The minimum atomic E-state index is -1.12. The highest BCUT2D eigenvalue weighted by atomic mass is 19.1. The van der Waals surface area contributed by atoms with Crippen molar-refractivity contribution in [3.8, 4) is 11.5 Å². The van der Waals surface area contributed by atoms with Crippen molar-refractivity contribution in [1.82, 2.24) is 15.0 Å². The Bertz CT molecular complexity index is 1270. The number of para-hydroxylation sites is 2. The first-order valence-electron chi connectivity index (χ1n) is 11.8. The molecule has 37 heavy (non-hydrogen) atoms. The molecule has 0 amide bonds. The molecule has 1 atom stereocenters. The summed E-state index contributed by atoms with van der Waals surface area (Å²) >= 11 is 0. The second kappa shape index (κ2) is 12.0. The highest BCUT2D eigenvalue weighted by molar-refractivity contribution is 5.85. The first-order valence-corrected chi connectivity index (χ1v) is 11.8. The number of rotatable bonds is 10. The number of anilines is 4. The van der Waals surface area contributed by atoms with Gasteiger partial charge in [-0.1, -0.05) is 18.2 Å². The number of carboxylic acid groups (broad SMARTS) is 1. The molecule has 3 N–H and O–H groups in total. The molecule has 0 aliphatic carbocycles. The van der Waals surface area contributed by atoms with Crippen LogP contribution >= 0.6 is 0 Å². The van der Waals surface area contributed by atoms with Gasteiger partial charge in [0.2, 0.25) is 17.8 Å². The van der Waals surface area contributed by atoms with Gasteiger partial charge in [0.1, 0.15) is 5.82 Å². The van der Waals surface area contributed by atoms with Gasteiger partial charge in [0.05, 0.1) is 19.0 Å². The van der Waals surface area contributed by atoms with E-state index in [9.17, 15) is 9.18 Å². The molecule has 0 bridgehead atoms. The molecule has 2 aromatic carbocycles. The number of hydrogen-bond donors (Lipinski definition) is 3. The Hall–Kier alpha value is -4.48. The standard InChI is InChI=1S/C25H28FN7O4/c1-16-8-5-6-13-33(16)25-30-23(28-19-11-4-3-10-18(19)26)29-24(31-25)32-27-14-17-9-7-12-20(36-2)22(17)37-15-21(34)35/h3-4,7,9-12,14,16H,5-6,8,13,15H2,1-2H3,(H,34,35)(H2,28,29,30,31,32)/b27-14-/t16-/m1/s1. The molecule has 0 spiro atoms. The van der Waals surface area contributed by atoms with Gasteiger partial charge < -0.3 is 24.8 Å². The molecule has 11 nitrogen and oxygen atoms in total. The molecular weight excluding hydrogens is 481 g/mol. The van der Waals surface area contributed by atoms with Gasteiger partial charge in [0.15, 0.2) is 18.1 Å². The van der Waals surface area contributed by atoms with Gasteiger partial charge in [-0.3, -0.25) is 0 Å². The summed E-state index contributed by atoms with van der Waals surface area (Å²) in [5.74, 6) is -0.194. The van der Waals surface area contributed by atoms with E-state index in [0.29, 0.717) is 17.3 Å². The summed E-state index contributed by atoms with van der Waals surface area (Å²) in [4.78, 5) is 26.5. The first kappa shape index (κ1) is 25.6. The Morgan fingerprint density at radius 2 is 2.00 bits per heavy atom. The Balaban J connectivity index is 1.61. The predicted molar refractivity (Wildman–Crippen MR) is 138 cm³/mol. The lowest BCUT2D eigenvalue weighted by Gasteiger charge is -2.33. The molecule has 1 saturated heterocycles. The van der Waals surface area contributed by atoms with Crippen LogP contribution in [0.5, 0.6) is 11.5 Å². The summed E-state index contributed by atoms with van der Waals surface area (Å²) in [5, 5.41) is 16.1. The van der Waals surface area contributed by atoms with Gasteiger partial charge in [-0.05, 0) is 50.5 Å². The normalized spacial score (nSPS) is 15.4. The van der Waals surface area contributed by atoms with Crippen LogP contribution in [-0.4, -0.2) is 58.5 Å². The number of hydrazone groups is 1. The van der Waals surface area contributed by atoms with Crippen LogP contribution in [0.4, 0.5) is 27.9 Å². The number of nitrogens with one attached hydrogen (secondary N) is 2. The van der Waals surface area contributed by atoms with Crippen LogP contribution < -0.4 is 25.1 Å². The van der Waals surface area contributed by atoms with E-state index in [0.717, 1.165) is 25.8 Å². The van der Waals surface area contributed by atoms with Gasteiger partial charge >= 0.3 is 5.97 Å². The van der Waals surface area contributed by atoms with Crippen molar-refractivity contribution in [3.63, 3.8) is 0 Å². The fraction of sp³-hybridized carbons (Fsp3) is 0.320. The van der Waals surface area contributed by atoms with Gasteiger partial charge in [0, 0.05) is 18.2 Å². The monoisotopic (exact) mass is 509 g/mol. The van der Waals surface area contributed by atoms with E-state index in [2.05, 4.69) is 42.6 Å². The SMILES string of the molecule is COc1cccc(/C=N\Nc2nc(Nc3ccccc3F)nc(N3CCCC[C@H]3C)n2)c1OCC(=O)O. The molecule has 2 heterocycles. The van der Waals surface area contributed by atoms with Gasteiger partial charge in [0.25, 0.3) is 0 Å². The number of aliphatic carboxylic acids is 1. The molecule has 1 aliphatic heterocycles. The largest absolute Gasteiger partial charge is 0.493 e. The number of hydrogen-bond acceptors (Lipinski definition) is 10. The highest BCUT2D eigenvalue weighted by Gasteiger charge is 2.22. The molecule has 3 aromatic rings. The van der Waals surface area contributed by atoms with E-state index in [1.807, 2.05) is 0 Å². The lowest BCUT2D eigenvalue weighted by molar-refractivity contribution is -0.139. The van der Waals surface area contributed by atoms with Crippen molar-refractivity contribution in [2.75, 3.05) is 35.9 Å². The second-order valence-corrected chi connectivity index (χ2v) is 8.36. The summed E-state index contributed by atoms with van der Waals surface area (Å²) in [6, 6.07) is 11.6. The zero-order valence-electron chi connectivity index (χ0n) is 20.5. The Morgan fingerprint density at radius 3 is 2.76 bits per heavy atom. The lowest BCUT2D eigenvalue weighted by Crippen LogP contribution is -2.38. The molecule has 0 saturated carbocycles. The molecule has 4 rings (SSSR count). The molecular formula is C25H28FN7O4. The van der Waals surface area contributed by atoms with Crippen molar-refractivity contribution in [2.24, 2.45) is 5.10 Å². The fourth-order valence-corrected chi connectivity index (χ4v) is 3.92. The third-order valence-electron chi connectivity index (χ3n) is 5.74. The van der Waals surface area contributed by atoms with Crippen LogP contribution in [0.2, 0.25) is 0 Å². The van der Waals surface area contributed by atoms with Gasteiger partial charge in [-0.2, -0.15) is 20.1 Å². The van der Waals surface area contributed by atoms with Gasteiger partial charge in [-0.25, -0.2) is 14.6 Å². The molecule has 1 fully saturated rings. The summed E-state index contributed by atoms with van der Waals surface area (Å²) in [5.41, 5.74) is 3.51. The van der Waals surface area contributed by atoms with Crippen molar-refractivity contribution < 1.29 is 23.8 Å². The van der Waals surface area contributed by atoms with E-state index in [4.69, 9.17) is 14.6 Å². The van der Waals surface area contributed by atoms with Crippen LogP contribution in [0.25, 0.3) is 0 Å². The van der Waals surface area contributed by atoms with E-state index >= 15 is 0 Å². The van der Waals surface area contributed by atoms with E-state index in [-0.39, 0.29) is 29.4 Å². The number of halogens is 1. The van der Waals surface area contributed by atoms with Crippen LogP contribution in [0.1, 0.15) is 31.7 Å². The average Bonchev–Trinajstić information content (AvgIpc) is 2.89. The Kier molecular flexibility index (Phi) is 8.29. The number of benzene rings is 2. The van der Waals surface area contributed by atoms with Crippen molar-refractivity contribution >= 4 is 35.7 Å². The highest BCUT2D eigenvalue weighted by Crippen LogP contribution is 2.30. The Morgan fingerprint density at radius 1 is 1.19 bits per heavy atom. The fourth-order valence-electron chi connectivity index (χ4n) is 3.92. The zero-order valence-corrected chi connectivity index (χ0v) is 20.5. The average molecular weight is 510 g/mol. The third kappa shape index (κ3) is 6.60. The van der Waals surface area contributed by atoms with E-state index in [1.54, 1.807) is 36.4 Å². The number of nitrogens with zero attached hydrogens (tertiary/aromatic N) is 5. The number of piperidine rings is 1. The van der Waals surface area contributed by atoms with E-state index in [1.165, 1.54) is 19.4 Å². The quantitative estimate of drug-likeness (QED) is 0.271. The van der Waals surface area contributed by atoms with Crippen molar-refractivity contribution in [3.05, 3.63) is 53.8 Å². The summed E-state index contributed by atoms with van der Waals surface area (Å²) in [6.07, 6.45) is 4.60. The zero-order chi connectivity index (χ0) is 26.2. The topological polar surface area (TPSA) is 134 Å². The predicted octanol–water partition coefficient (Wildman–Crippen LogP) is 4.05. The maximum absolute atomic E-state index is 14.3. The number of carbonyl (C=O) groups is 1. The minimum absolute atomic E-state index is 0.147.